The van der Waals surface area contributed by atoms with E-state index < -0.39 is 16.6 Å². The molecule has 18 heavy (non-hydrogen) atoms. The second-order valence-corrected chi connectivity index (χ2v) is 4.22. The molecule has 0 bridgehead atoms. The molecule has 0 aliphatic rings. The number of rotatable bonds is 5. The molecule has 1 rings (SSSR count). The quantitative estimate of drug-likeness (QED) is 0.363. The molecule has 1 aromatic carbocycles. The van der Waals surface area contributed by atoms with Gasteiger partial charge in [-0.05, 0) is 25.0 Å². The third kappa shape index (κ3) is 3.96. The molecule has 0 atom stereocenters. The van der Waals surface area contributed by atoms with Gasteiger partial charge in [-0.25, -0.2) is 4.79 Å². The molecule has 96 valence electrons. The summed E-state index contributed by atoms with van der Waals surface area (Å²) >= 11 is 3.34. The van der Waals surface area contributed by atoms with Crippen LogP contribution in [-0.2, 0) is 16.0 Å². The molecule has 1 aromatic rings. The van der Waals surface area contributed by atoms with Crippen LogP contribution in [0.5, 0.6) is 0 Å². The summed E-state index contributed by atoms with van der Waals surface area (Å²) in [5.41, 5.74) is 0.328. The van der Waals surface area contributed by atoms with Gasteiger partial charge < -0.3 is 4.74 Å². The molecular weight excluding hydrogens is 302 g/mol. The van der Waals surface area contributed by atoms with Crippen LogP contribution in [-0.4, -0.2) is 17.5 Å². The number of halogens is 1. The molecule has 0 spiro atoms. The molecule has 0 saturated heterocycles. The van der Waals surface area contributed by atoms with Gasteiger partial charge in [-0.2, -0.15) is 0 Å². The first-order valence-electron chi connectivity index (χ1n) is 5.31. The van der Waals surface area contributed by atoms with Crippen LogP contribution >= 0.6 is 15.9 Å². The molecule has 0 saturated carbocycles. The zero-order valence-corrected chi connectivity index (χ0v) is 11.3. The highest BCUT2D eigenvalue weighted by Gasteiger charge is 2.22. The summed E-state index contributed by atoms with van der Waals surface area (Å²) in [7, 11) is 0. The monoisotopic (exact) mass is 313 g/mol. The van der Waals surface area contributed by atoms with Gasteiger partial charge >= 0.3 is 11.7 Å². The lowest BCUT2D eigenvalue weighted by atomic mass is 10.1. The van der Waals surface area contributed by atoms with Crippen molar-refractivity contribution in [3.8, 4) is 0 Å². The standard InChI is InChI=1S/C12H12BrNO4/c1-2-18-12(15)11(14(16)17)8-7-9-5-3-4-6-10(9)13/h3-6,8H,2,7H2,1H3/b11-8-. The van der Waals surface area contributed by atoms with Gasteiger partial charge in [-0.15, -0.1) is 0 Å². The van der Waals surface area contributed by atoms with E-state index in [1.807, 2.05) is 24.3 Å². The van der Waals surface area contributed by atoms with Crippen molar-refractivity contribution in [1.29, 1.82) is 0 Å². The van der Waals surface area contributed by atoms with Crippen molar-refractivity contribution >= 4 is 21.9 Å². The topological polar surface area (TPSA) is 69.4 Å². The van der Waals surface area contributed by atoms with Crippen LogP contribution in [0, 0.1) is 10.1 Å². The second-order valence-electron chi connectivity index (χ2n) is 3.36. The molecular formula is C12H12BrNO4. The van der Waals surface area contributed by atoms with E-state index in [2.05, 4.69) is 20.7 Å². The van der Waals surface area contributed by atoms with E-state index in [1.165, 1.54) is 6.08 Å². The summed E-state index contributed by atoms with van der Waals surface area (Å²) < 4.78 is 5.46. The minimum Gasteiger partial charge on any atom is -0.458 e. The molecule has 0 aromatic heterocycles. The van der Waals surface area contributed by atoms with E-state index >= 15 is 0 Å². The fourth-order valence-corrected chi connectivity index (χ4v) is 1.75. The molecule has 0 heterocycles. The molecule has 5 nitrogen and oxygen atoms in total. The van der Waals surface area contributed by atoms with Gasteiger partial charge in [0.1, 0.15) is 0 Å². The average Bonchev–Trinajstić information content (AvgIpc) is 2.31. The predicted octanol–water partition coefficient (Wildman–Crippen LogP) is 2.72. The summed E-state index contributed by atoms with van der Waals surface area (Å²) in [4.78, 5) is 21.4. The van der Waals surface area contributed by atoms with E-state index in [1.54, 1.807) is 6.92 Å². The molecule has 0 amide bonds. The summed E-state index contributed by atoms with van der Waals surface area (Å²) in [6, 6.07) is 7.32. The maximum atomic E-state index is 11.3. The van der Waals surface area contributed by atoms with Crippen LogP contribution in [0.4, 0.5) is 0 Å². The highest BCUT2D eigenvalue weighted by Crippen LogP contribution is 2.17. The van der Waals surface area contributed by atoms with Gasteiger partial charge in [0, 0.05) is 10.5 Å². The Bertz CT molecular complexity index is 485. The van der Waals surface area contributed by atoms with Gasteiger partial charge in [-0.1, -0.05) is 34.1 Å². The first-order valence-corrected chi connectivity index (χ1v) is 6.10. The SMILES string of the molecule is CCOC(=O)/C(=C/Cc1ccccc1Br)[N+](=O)[O-]. The Morgan fingerprint density at radius 3 is 2.72 bits per heavy atom. The van der Waals surface area contributed by atoms with Crippen molar-refractivity contribution in [2.24, 2.45) is 0 Å². The zero-order chi connectivity index (χ0) is 13.5. The Balaban J connectivity index is 2.88. The predicted molar refractivity (Wildman–Crippen MR) is 69.6 cm³/mol. The Kier molecular flexibility index (Phi) is 5.51. The lowest BCUT2D eigenvalue weighted by Gasteiger charge is -2.01. The van der Waals surface area contributed by atoms with Crippen LogP contribution in [0.15, 0.2) is 40.5 Å². The number of allylic oxidation sites excluding steroid dienone is 1. The molecule has 0 unspecified atom stereocenters. The maximum absolute atomic E-state index is 11.3. The normalized spacial score (nSPS) is 11.1. The van der Waals surface area contributed by atoms with E-state index in [-0.39, 0.29) is 13.0 Å². The average molecular weight is 314 g/mol. The number of ether oxygens (including phenoxy) is 1. The summed E-state index contributed by atoms with van der Waals surface area (Å²) in [5.74, 6) is -0.908. The Labute approximate surface area is 113 Å². The summed E-state index contributed by atoms with van der Waals surface area (Å²) in [6.07, 6.45) is 1.55. The first kappa shape index (κ1) is 14.4. The Morgan fingerprint density at radius 1 is 1.50 bits per heavy atom. The largest absolute Gasteiger partial charge is 0.458 e. The number of esters is 1. The number of hydrogen-bond acceptors (Lipinski definition) is 4. The number of benzene rings is 1. The molecule has 0 aliphatic carbocycles. The van der Waals surface area contributed by atoms with Crippen molar-refractivity contribution in [1.82, 2.24) is 0 Å². The minimum absolute atomic E-state index is 0.110. The van der Waals surface area contributed by atoms with E-state index in [4.69, 9.17) is 0 Å². The van der Waals surface area contributed by atoms with Crippen molar-refractivity contribution in [2.75, 3.05) is 6.61 Å². The van der Waals surface area contributed by atoms with E-state index in [0.717, 1.165) is 10.0 Å². The lowest BCUT2D eigenvalue weighted by Crippen LogP contribution is -2.15. The highest BCUT2D eigenvalue weighted by molar-refractivity contribution is 9.10. The first-order chi connectivity index (χ1) is 8.56. The molecule has 0 radical (unpaired) electrons. The lowest BCUT2D eigenvalue weighted by molar-refractivity contribution is -0.421. The number of nitrogens with zero attached hydrogens (tertiary/aromatic N) is 1. The Morgan fingerprint density at radius 2 is 2.17 bits per heavy atom. The number of carbonyl (C=O) groups is 1. The molecule has 6 heteroatoms. The summed E-state index contributed by atoms with van der Waals surface area (Å²) in [5, 5.41) is 10.7. The fourth-order valence-electron chi connectivity index (χ4n) is 1.31. The van der Waals surface area contributed by atoms with Crippen LogP contribution < -0.4 is 0 Å². The van der Waals surface area contributed by atoms with Gasteiger partial charge in [0.15, 0.2) is 0 Å². The third-order valence-corrected chi connectivity index (χ3v) is 2.93. The molecule has 0 aliphatic heterocycles. The van der Waals surface area contributed by atoms with Gasteiger partial charge in [0.2, 0.25) is 0 Å². The molecule has 0 N–H and O–H groups in total. The Hall–Kier alpha value is -1.69. The van der Waals surface area contributed by atoms with Crippen LogP contribution in [0.1, 0.15) is 12.5 Å². The smallest absolute Gasteiger partial charge is 0.409 e. The van der Waals surface area contributed by atoms with Crippen molar-refractivity contribution < 1.29 is 14.5 Å². The third-order valence-electron chi connectivity index (χ3n) is 2.15. The number of carbonyl (C=O) groups excluding carboxylic acids is 1. The van der Waals surface area contributed by atoms with Crippen molar-refractivity contribution in [2.45, 2.75) is 13.3 Å². The minimum atomic E-state index is -0.908. The maximum Gasteiger partial charge on any atom is 0.409 e. The zero-order valence-electron chi connectivity index (χ0n) is 9.76. The van der Waals surface area contributed by atoms with E-state index in [9.17, 15) is 14.9 Å². The second kappa shape index (κ2) is 6.90. The van der Waals surface area contributed by atoms with Gasteiger partial charge in [0.25, 0.3) is 0 Å². The van der Waals surface area contributed by atoms with Gasteiger partial charge in [-0.3, -0.25) is 10.1 Å². The number of nitro groups is 1. The summed E-state index contributed by atoms with van der Waals surface area (Å²) in [6.45, 7) is 1.71. The van der Waals surface area contributed by atoms with Crippen molar-refractivity contribution in [3.05, 3.63) is 56.2 Å². The fraction of sp³-hybridized carbons (Fsp3) is 0.250. The van der Waals surface area contributed by atoms with Crippen LogP contribution in [0.25, 0.3) is 0 Å². The van der Waals surface area contributed by atoms with Crippen LogP contribution in [0.2, 0.25) is 0 Å². The van der Waals surface area contributed by atoms with E-state index in [0.29, 0.717) is 0 Å². The van der Waals surface area contributed by atoms with Gasteiger partial charge in [0.05, 0.1) is 11.5 Å². The number of hydrogen-bond donors (Lipinski definition) is 0. The highest BCUT2D eigenvalue weighted by atomic mass is 79.9. The van der Waals surface area contributed by atoms with Crippen LogP contribution in [0.3, 0.4) is 0 Å². The molecule has 0 fully saturated rings. The van der Waals surface area contributed by atoms with Crippen molar-refractivity contribution in [3.63, 3.8) is 0 Å².